The standard InChI is InChI=1S/C14H9ClFN3OS/c15-7-3-4-9(16)10(6-7)19-13(20)12-11(17)8-2-1-5-18-14(8)21-12/h1-6H,17H2,(H,19,20). The first-order valence-electron chi connectivity index (χ1n) is 5.95. The third-order valence-electron chi connectivity index (χ3n) is 2.89. The van der Waals surface area contributed by atoms with Crippen molar-refractivity contribution in [3.8, 4) is 0 Å². The zero-order chi connectivity index (χ0) is 15.0. The number of halogens is 2. The Kier molecular flexibility index (Phi) is 3.48. The molecule has 21 heavy (non-hydrogen) atoms. The Morgan fingerprint density at radius 3 is 2.95 bits per heavy atom. The SMILES string of the molecule is Nc1c(C(=O)Nc2cc(Cl)ccc2F)sc2ncccc12. The summed E-state index contributed by atoms with van der Waals surface area (Å²) in [7, 11) is 0. The van der Waals surface area contributed by atoms with E-state index >= 15 is 0 Å². The molecule has 3 rings (SSSR count). The van der Waals surface area contributed by atoms with Gasteiger partial charge in [0.2, 0.25) is 0 Å². The molecule has 3 N–H and O–H groups in total. The minimum Gasteiger partial charge on any atom is -0.397 e. The van der Waals surface area contributed by atoms with E-state index in [4.69, 9.17) is 17.3 Å². The minimum atomic E-state index is -0.564. The van der Waals surface area contributed by atoms with E-state index in [2.05, 4.69) is 10.3 Å². The smallest absolute Gasteiger partial charge is 0.268 e. The number of carbonyl (C=O) groups excluding carboxylic acids is 1. The maximum Gasteiger partial charge on any atom is 0.268 e. The van der Waals surface area contributed by atoms with Gasteiger partial charge in [0.1, 0.15) is 15.5 Å². The maximum absolute atomic E-state index is 13.6. The minimum absolute atomic E-state index is 0.0114. The average Bonchev–Trinajstić information content (AvgIpc) is 2.81. The van der Waals surface area contributed by atoms with Crippen molar-refractivity contribution in [3.05, 3.63) is 52.2 Å². The van der Waals surface area contributed by atoms with Crippen LogP contribution in [-0.4, -0.2) is 10.9 Å². The molecule has 0 spiro atoms. The summed E-state index contributed by atoms with van der Waals surface area (Å²) in [5.41, 5.74) is 6.30. The third kappa shape index (κ3) is 2.55. The number of aromatic nitrogens is 1. The summed E-state index contributed by atoms with van der Waals surface area (Å²) in [5, 5.41) is 3.51. The van der Waals surface area contributed by atoms with Gasteiger partial charge in [-0.1, -0.05) is 11.6 Å². The number of rotatable bonds is 2. The van der Waals surface area contributed by atoms with Crippen LogP contribution in [0.1, 0.15) is 9.67 Å². The molecule has 106 valence electrons. The van der Waals surface area contributed by atoms with Crippen molar-refractivity contribution in [2.45, 2.75) is 0 Å². The van der Waals surface area contributed by atoms with Gasteiger partial charge in [-0.15, -0.1) is 11.3 Å². The summed E-state index contributed by atoms with van der Waals surface area (Å²) in [6.45, 7) is 0. The Balaban J connectivity index is 1.97. The predicted octanol–water partition coefficient (Wildman–Crippen LogP) is 3.92. The summed E-state index contributed by atoms with van der Waals surface area (Å²) >= 11 is 6.95. The van der Waals surface area contributed by atoms with Crippen LogP contribution < -0.4 is 11.1 Å². The number of nitrogen functional groups attached to an aromatic ring is 1. The molecule has 0 fully saturated rings. The molecular weight excluding hydrogens is 313 g/mol. The van der Waals surface area contributed by atoms with Gasteiger partial charge in [-0.2, -0.15) is 0 Å². The van der Waals surface area contributed by atoms with Crippen LogP contribution in [-0.2, 0) is 0 Å². The van der Waals surface area contributed by atoms with Gasteiger partial charge in [0.15, 0.2) is 0 Å². The molecule has 2 heterocycles. The number of nitrogens with one attached hydrogen (secondary N) is 1. The second-order valence-electron chi connectivity index (χ2n) is 4.28. The molecule has 0 saturated carbocycles. The number of hydrogen-bond acceptors (Lipinski definition) is 4. The summed E-state index contributed by atoms with van der Waals surface area (Å²) in [5.74, 6) is -1.05. The Labute approximate surface area is 128 Å². The number of benzene rings is 1. The normalized spacial score (nSPS) is 10.8. The van der Waals surface area contributed by atoms with E-state index in [0.29, 0.717) is 25.8 Å². The van der Waals surface area contributed by atoms with Gasteiger partial charge in [-0.25, -0.2) is 9.37 Å². The molecule has 2 aromatic heterocycles. The number of nitrogens with zero attached hydrogens (tertiary/aromatic N) is 1. The summed E-state index contributed by atoms with van der Waals surface area (Å²) in [4.78, 5) is 17.4. The van der Waals surface area contributed by atoms with Crippen molar-refractivity contribution < 1.29 is 9.18 Å². The number of carbonyl (C=O) groups is 1. The first kappa shape index (κ1) is 13.8. The molecule has 0 aliphatic heterocycles. The lowest BCUT2D eigenvalue weighted by atomic mass is 10.2. The fraction of sp³-hybridized carbons (Fsp3) is 0. The number of fused-ring (bicyclic) bond motifs is 1. The second kappa shape index (κ2) is 5.31. The lowest BCUT2D eigenvalue weighted by Gasteiger charge is -2.06. The van der Waals surface area contributed by atoms with E-state index in [1.807, 2.05) is 0 Å². The molecule has 4 nitrogen and oxygen atoms in total. The highest BCUT2D eigenvalue weighted by atomic mass is 35.5. The van der Waals surface area contributed by atoms with Crippen LogP contribution in [0, 0.1) is 5.82 Å². The van der Waals surface area contributed by atoms with Gasteiger partial charge in [0.05, 0.1) is 11.4 Å². The number of anilines is 2. The van der Waals surface area contributed by atoms with E-state index in [1.54, 1.807) is 18.3 Å². The highest BCUT2D eigenvalue weighted by Crippen LogP contribution is 2.32. The van der Waals surface area contributed by atoms with Crippen LogP contribution in [0.2, 0.25) is 5.02 Å². The van der Waals surface area contributed by atoms with Gasteiger partial charge < -0.3 is 11.1 Å². The zero-order valence-corrected chi connectivity index (χ0v) is 12.1. The second-order valence-corrected chi connectivity index (χ2v) is 5.71. The molecule has 0 aliphatic rings. The monoisotopic (exact) mass is 321 g/mol. The quantitative estimate of drug-likeness (QED) is 0.751. The largest absolute Gasteiger partial charge is 0.397 e. The molecule has 0 saturated heterocycles. The number of pyridine rings is 1. The fourth-order valence-electron chi connectivity index (χ4n) is 1.89. The first-order chi connectivity index (χ1) is 10.1. The highest BCUT2D eigenvalue weighted by Gasteiger charge is 2.18. The molecule has 1 amide bonds. The van der Waals surface area contributed by atoms with Crippen LogP contribution in [0.15, 0.2) is 36.5 Å². The van der Waals surface area contributed by atoms with E-state index in [-0.39, 0.29) is 5.69 Å². The number of nitrogens with two attached hydrogens (primary N) is 1. The van der Waals surface area contributed by atoms with Crippen molar-refractivity contribution >= 4 is 50.4 Å². The van der Waals surface area contributed by atoms with Crippen molar-refractivity contribution in [1.82, 2.24) is 4.98 Å². The molecule has 1 aromatic carbocycles. The van der Waals surface area contributed by atoms with Crippen LogP contribution >= 0.6 is 22.9 Å². The third-order valence-corrected chi connectivity index (χ3v) is 4.25. The number of amides is 1. The van der Waals surface area contributed by atoms with Crippen molar-refractivity contribution in [1.29, 1.82) is 0 Å². The lowest BCUT2D eigenvalue weighted by Crippen LogP contribution is -2.13. The molecule has 0 bridgehead atoms. The van der Waals surface area contributed by atoms with Gasteiger partial charge in [-0.3, -0.25) is 4.79 Å². The molecule has 3 aromatic rings. The van der Waals surface area contributed by atoms with E-state index in [9.17, 15) is 9.18 Å². The van der Waals surface area contributed by atoms with Gasteiger partial charge in [0, 0.05) is 16.6 Å². The molecule has 0 radical (unpaired) electrons. The van der Waals surface area contributed by atoms with Crippen molar-refractivity contribution in [2.75, 3.05) is 11.1 Å². The number of thiophene rings is 1. The first-order valence-corrected chi connectivity index (χ1v) is 7.15. The van der Waals surface area contributed by atoms with Crippen LogP contribution in [0.25, 0.3) is 10.2 Å². The summed E-state index contributed by atoms with van der Waals surface area (Å²) < 4.78 is 13.6. The topological polar surface area (TPSA) is 68.0 Å². The van der Waals surface area contributed by atoms with Gasteiger partial charge >= 0.3 is 0 Å². The number of hydrogen-bond donors (Lipinski definition) is 2. The van der Waals surface area contributed by atoms with E-state index in [1.165, 1.54) is 18.2 Å². The average molecular weight is 322 g/mol. The lowest BCUT2D eigenvalue weighted by molar-refractivity contribution is 0.103. The summed E-state index contributed by atoms with van der Waals surface area (Å²) in [6, 6.07) is 7.46. The van der Waals surface area contributed by atoms with E-state index < -0.39 is 11.7 Å². The fourth-order valence-corrected chi connectivity index (χ4v) is 3.02. The zero-order valence-electron chi connectivity index (χ0n) is 10.6. The predicted molar refractivity (Wildman–Crippen MR) is 83.4 cm³/mol. The highest BCUT2D eigenvalue weighted by molar-refractivity contribution is 7.21. The molecule has 0 atom stereocenters. The maximum atomic E-state index is 13.6. The Morgan fingerprint density at radius 1 is 1.38 bits per heavy atom. The Hall–Kier alpha value is -2.18. The van der Waals surface area contributed by atoms with Gasteiger partial charge in [0.25, 0.3) is 5.91 Å². The van der Waals surface area contributed by atoms with Crippen LogP contribution in [0.3, 0.4) is 0 Å². The van der Waals surface area contributed by atoms with Gasteiger partial charge in [-0.05, 0) is 30.3 Å². The van der Waals surface area contributed by atoms with Crippen molar-refractivity contribution in [3.63, 3.8) is 0 Å². The van der Waals surface area contributed by atoms with Crippen LogP contribution in [0.4, 0.5) is 15.8 Å². The van der Waals surface area contributed by atoms with E-state index in [0.717, 1.165) is 11.3 Å². The molecule has 7 heteroatoms. The molecule has 0 unspecified atom stereocenters. The van der Waals surface area contributed by atoms with Crippen LogP contribution in [0.5, 0.6) is 0 Å². The van der Waals surface area contributed by atoms with Crippen molar-refractivity contribution in [2.24, 2.45) is 0 Å². The molecule has 0 aliphatic carbocycles. The Bertz CT molecular complexity index is 849. The molecular formula is C14H9ClFN3OS. The summed E-state index contributed by atoms with van der Waals surface area (Å²) in [6.07, 6.45) is 1.62. The Morgan fingerprint density at radius 2 is 2.19 bits per heavy atom.